The van der Waals surface area contributed by atoms with E-state index in [-0.39, 0.29) is 24.6 Å². The number of H-pyrrole nitrogens is 1. The Balaban J connectivity index is 0.885. The van der Waals surface area contributed by atoms with Crippen molar-refractivity contribution in [2.24, 2.45) is 23.7 Å². The molecule has 17 nitrogen and oxygen atoms in total. The standard InChI is InChI=1S/C36H48N6O11/c1-21-29(19-43)53-32(31(45)30(21)44)52-28-18-39-27-10-9-22(17-25(27)28)51-35-41-33(40-34(42-35)47-2)37-11-13-48-15-16-49-14-12-38-36(46)50-20-26-23-7-5-3-4-6-8-24(23)26/h9-10,17-18,21,23-24,26,29-32,39,43-45H,5-8,11-16,19-20H2,1-2H3,(H,38,46)(H,37,40,41,42)/t21-,23-,24+,26?,29-,30+,31-,32-/m1/s1. The fraction of sp³-hybridized carbons (Fsp3) is 0.611. The summed E-state index contributed by atoms with van der Waals surface area (Å²) in [5.74, 6) is 8.58. The number of aromatic nitrogens is 4. The quantitative estimate of drug-likeness (QED) is 0.0813. The van der Waals surface area contributed by atoms with Gasteiger partial charge in [0.1, 0.15) is 17.6 Å². The summed E-state index contributed by atoms with van der Waals surface area (Å²) in [6.45, 7) is 3.94. The van der Waals surface area contributed by atoms with E-state index in [1.165, 1.54) is 7.11 Å². The van der Waals surface area contributed by atoms with Crippen LogP contribution in [0.15, 0.2) is 24.4 Å². The lowest BCUT2D eigenvalue weighted by molar-refractivity contribution is -0.260. The third kappa shape index (κ3) is 10.2. The van der Waals surface area contributed by atoms with Crippen LogP contribution in [0.4, 0.5) is 10.7 Å². The lowest BCUT2D eigenvalue weighted by atomic mass is 9.91. The summed E-state index contributed by atoms with van der Waals surface area (Å²) in [5.41, 5.74) is 0.714. The second-order valence-corrected chi connectivity index (χ2v) is 13.2. The highest BCUT2D eigenvalue weighted by atomic mass is 16.7. The predicted octanol–water partition coefficient (Wildman–Crippen LogP) is 2.22. The normalized spacial score (nSPS) is 26.3. The number of amides is 1. The number of aliphatic hydroxyl groups is 3. The maximum Gasteiger partial charge on any atom is 0.407 e. The van der Waals surface area contributed by atoms with Gasteiger partial charge in [0, 0.05) is 48.9 Å². The zero-order valence-corrected chi connectivity index (χ0v) is 29.9. The highest BCUT2D eigenvalue weighted by Crippen LogP contribution is 2.52. The van der Waals surface area contributed by atoms with Crippen LogP contribution in [-0.4, -0.2) is 126 Å². The highest BCUT2D eigenvalue weighted by molar-refractivity contribution is 5.87. The highest BCUT2D eigenvalue weighted by Gasteiger charge is 2.49. The van der Waals surface area contributed by atoms with Gasteiger partial charge in [0.2, 0.25) is 12.2 Å². The van der Waals surface area contributed by atoms with Crippen molar-refractivity contribution in [1.29, 1.82) is 0 Å². The van der Waals surface area contributed by atoms with Gasteiger partial charge in [-0.25, -0.2) is 4.79 Å². The van der Waals surface area contributed by atoms with Crippen molar-refractivity contribution in [3.05, 3.63) is 24.4 Å². The second kappa shape index (κ2) is 18.5. The summed E-state index contributed by atoms with van der Waals surface area (Å²) in [4.78, 5) is 27.9. The number of benzene rings is 1. The molecule has 6 N–H and O–H groups in total. The minimum absolute atomic E-state index is 0.0242. The average molecular weight is 741 g/mol. The van der Waals surface area contributed by atoms with E-state index in [0.29, 0.717) is 86.3 Å². The Labute approximate surface area is 307 Å². The molecule has 53 heavy (non-hydrogen) atoms. The van der Waals surface area contributed by atoms with Crippen molar-refractivity contribution in [2.75, 3.05) is 65.2 Å². The number of carbonyl (C=O) groups is 1. The monoisotopic (exact) mass is 740 g/mol. The van der Waals surface area contributed by atoms with Crippen LogP contribution in [0.5, 0.6) is 23.5 Å². The molecule has 1 saturated heterocycles. The van der Waals surface area contributed by atoms with Gasteiger partial charge in [-0.2, -0.15) is 9.97 Å². The van der Waals surface area contributed by atoms with Gasteiger partial charge in [-0.15, -0.1) is 16.8 Å². The van der Waals surface area contributed by atoms with E-state index in [2.05, 4.69) is 42.4 Å². The molecule has 17 heteroatoms. The van der Waals surface area contributed by atoms with E-state index in [1.54, 1.807) is 31.3 Å². The number of fused-ring (bicyclic) bond motifs is 2. The minimum Gasteiger partial charge on any atom is -0.467 e. The number of aromatic amines is 1. The lowest BCUT2D eigenvalue weighted by Crippen LogP contribution is -2.56. The first-order chi connectivity index (χ1) is 25.8. The number of aliphatic hydroxyl groups excluding tert-OH is 3. The molecule has 0 bridgehead atoms. The first kappa shape index (κ1) is 38.3. The number of rotatable bonds is 18. The molecule has 6 rings (SSSR count). The number of methoxy groups -OCH3 is 1. The van der Waals surface area contributed by atoms with E-state index in [9.17, 15) is 20.1 Å². The molecule has 1 saturated carbocycles. The number of hydrogen-bond donors (Lipinski definition) is 6. The number of anilines is 1. The summed E-state index contributed by atoms with van der Waals surface area (Å²) < 4.78 is 39.4. The predicted molar refractivity (Wildman–Crippen MR) is 188 cm³/mol. The number of nitrogens with one attached hydrogen (secondary N) is 3. The molecule has 1 aromatic carbocycles. The molecule has 3 aliphatic rings. The summed E-state index contributed by atoms with van der Waals surface area (Å²) in [6.07, 6.45) is 0.893. The zero-order valence-electron chi connectivity index (χ0n) is 29.9. The van der Waals surface area contributed by atoms with Crippen LogP contribution in [-0.2, 0) is 18.9 Å². The van der Waals surface area contributed by atoms with Gasteiger partial charge in [-0.05, 0) is 48.8 Å². The van der Waals surface area contributed by atoms with Crippen molar-refractivity contribution in [3.63, 3.8) is 0 Å². The summed E-state index contributed by atoms with van der Waals surface area (Å²) in [5, 5.41) is 37.0. The van der Waals surface area contributed by atoms with Gasteiger partial charge >= 0.3 is 18.1 Å². The average Bonchev–Trinajstić information content (AvgIpc) is 3.63. The van der Waals surface area contributed by atoms with Gasteiger partial charge in [0.15, 0.2) is 0 Å². The molecule has 0 spiro atoms. The molecule has 1 amide bonds. The Morgan fingerprint density at radius 2 is 1.74 bits per heavy atom. The maximum absolute atomic E-state index is 12.0. The number of nitrogens with zero attached hydrogens (tertiary/aromatic N) is 3. The van der Waals surface area contributed by atoms with Crippen molar-refractivity contribution in [3.8, 4) is 35.4 Å². The second-order valence-electron chi connectivity index (χ2n) is 13.2. The molecule has 1 unspecified atom stereocenters. The molecule has 2 fully saturated rings. The summed E-state index contributed by atoms with van der Waals surface area (Å²) >= 11 is 0. The Kier molecular flexibility index (Phi) is 13.4. The molecule has 2 aliphatic carbocycles. The van der Waals surface area contributed by atoms with Crippen molar-refractivity contribution in [1.82, 2.24) is 25.3 Å². The van der Waals surface area contributed by atoms with Crippen molar-refractivity contribution in [2.45, 2.75) is 57.2 Å². The first-order valence-corrected chi connectivity index (χ1v) is 18.0. The van der Waals surface area contributed by atoms with Gasteiger partial charge in [-0.1, -0.05) is 6.92 Å². The fourth-order valence-corrected chi connectivity index (χ4v) is 6.68. The van der Waals surface area contributed by atoms with Gasteiger partial charge in [0.25, 0.3) is 0 Å². The summed E-state index contributed by atoms with van der Waals surface area (Å²) in [6, 6.07) is 5.19. The van der Waals surface area contributed by atoms with Crippen LogP contribution in [0.25, 0.3) is 10.9 Å². The number of ether oxygens (including phenoxy) is 7. The van der Waals surface area contributed by atoms with E-state index < -0.39 is 36.6 Å². The lowest BCUT2D eigenvalue weighted by Gasteiger charge is -2.40. The Hall–Kier alpha value is -4.44. The van der Waals surface area contributed by atoms with Crippen LogP contribution < -0.4 is 24.8 Å². The molecular weight excluding hydrogens is 692 g/mol. The largest absolute Gasteiger partial charge is 0.467 e. The van der Waals surface area contributed by atoms with Crippen molar-refractivity contribution >= 4 is 22.9 Å². The van der Waals surface area contributed by atoms with E-state index >= 15 is 0 Å². The van der Waals surface area contributed by atoms with Crippen LogP contribution in [0.1, 0.15) is 32.6 Å². The minimum atomic E-state index is -1.32. The number of alkyl carbamates (subject to hydrolysis) is 1. The van der Waals surface area contributed by atoms with E-state index in [4.69, 9.17) is 33.2 Å². The fourth-order valence-electron chi connectivity index (χ4n) is 6.68. The first-order valence-electron chi connectivity index (χ1n) is 18.0. The molecule has 288 valence electrons. The number of carbonyl (C=O) groups excluding carboxylic acids is 1. The van der Waals surface area contributed by atoms with E-state index in [1.807, 2.05) is 0 Å². The third-order valence-electron chi connectivity index (χ3n) is 9.75. The smallest absolute Gasteiger partial charge is 0.407 e. The Bertz CT molecular complexity index is 1700. The third-order valence-corrected chi connectivity index (χ3v) is 9.75. The molecule has 1 aliphatic heterocycles. The molecular formula is C36H48N6O11. The molecule has 3 heterocycles. The maximum atomic E-state index is 12.0. The molecule has 3 aromatic rings. The van der Waals surface area contributed by atoms with Gasteiger partial charge < -0.3 is 64.1 Å². The van der Waals surface area contributed by atoms with E-state index in [0.717, 1.165) is 25.7 Å². The van der Waals surface area contributed by atoms with Crippen LogP contribution in [0.3, 0.4) is 0 Å². The number of hydrogen-bond acceptors (Lipinski definition) is 15. The van der Waals surface area contributed by atoms with Crippen LogP contribution >= 0.6 is 0 Å². The summed E-state index contributed by atoms with van der Waals surface area (Å²) in [7, 11) is 1.43. The van der Waals surface area contributed by atoms with Gasteiger partial charge in [0.05, 0.1) is 59.0 Å². The van der Waals surface area contributed by atoms with Crippen LogP contribution in [0, 0.1) is 35.5 Å². The Morgan fingerprint density at radius 3 is 2.47 bits per heavy atom. The molecule has 8 atom stereocenters. The zero-order chi connectivity index (χ0) is 37.2. The van der Waals surface area contributed by atoms with Crippen LogP contribution in [0.2, 0.25) is 0 Å². The van der Waals surface area contributed by atoms with Crippen molar-refractivity contribution < 1.29 is 53.3 Å². The van der Waals surface area contributed by atoms with Gasteiger partial charge in [-0.3, -0.25) is 0 Å². The molecule has 2 aromatic heterocycles. The topological polar surface area (TPSA) is 221 Å². The SMILES string of the molecule is COc1nc(NCCOCCOCCNC(=O)OCC2[C@H]3CCC#CCC[C@@H]23)nc(Oc2ccc3[nH]cc(O[C@@H]4O[C@H](CO)[C@@H](C)[C@H](O)[C@H]4O)c3c2)n1. The Morgan fingerprint density at radius 1 is 1.00 bits per heavy atom. The molecule has 0 radical (unpaired) electrons.